The Morgan fingerprint density at radius 2 is 2.13 bits per heavy atom. The zero-order valence-corrected chi connectivity index (χ0v) is 9.85. The molecule has 1 nitrogen and oxygen atoms in total. The van der Waals surface area contributed by atoms with Crippen molar-refractivity contribution < 1.29 is 4.79 Å². The van der Waals surface area contributed by atoms with Gasteiger partial charge in [-0.15, -0.1) is 0 Å². The van der Waals surface area contributed by atoms with E-state index in [0.29, 0.717) is 0 Å². The molecule has 0 N–H and O–H groups in total. The van der Waals surface area contributed by atoms with Crippen molar-refractivity contribution in [3.63, 3.8) is 0 Å². The molecule has 0 amide bonds. The standard InChI is InChI=1S/C13H16OS/c1-15-10-13(7-4-8-13)12-6-3-2-5-11(12)9-14/h2-3,5-6,9H,4,7-8,10H2,1H3. The van der Waals surface area contributed by atoms with E-state index in [1.807, 2.05) is 30.0 Å². The number of benzene rings is 1. The predicted octanol–water partition coefficient (Wildman–Crippen LogP) is 3.28. The molecule has 1 saturated carbocycles. The van der Waals surface area contributed by atoms with Crippen LogP contribution in [0.1, 0.15) is 35.2 Å². The minimum absolute atomic E-state index is 0.289. The van der Waals surface area contributed by atoms with Gasteiger partial charge >= 0.3 is 0 Å². The van der Waals surface area contributed by atoms with E-state index in [1.54, 1.807) is 0 Å². The molecule has 1 aromatic rings. The largest absolute Gasteiger partial charge is 0.298 e. The molecule has 0 bridgehead atoms. The highest BCUT2D eigenvalue weighted by Gasteiger charge is 2.39. The quantitative estimate of drug-likeness (QED) is 0.724. The maximum absolute atomic E-state index is 11.0. The molecule has 1 fully saturated rings. The summed E-state index contributed by atoms with van der Waals surface area (Å²) >= 11 is 1.88. The van der Waals surface area contributed by atoms with E-state index in [4.69, 9.17) is 0 Å². The van der Waals surface area contributed by atoms with Crippen molar-refractivity contribution in [3.05, 3.63) is 35.4 Å². The van der Waals surface area contributed by atoms with Crippen molar-refractivity contribution in [2.75, 3.05) is 12.0 Å². The van der Waals surface area contributed by atoms with Gasteiger partial charge in [0.2, 0.25) is 0 Å². The second-order valence-electron chi connectivity index (χ2n) is 4.27. The number of hydrogen-bond donors (Lipinski definition) is 0. The third-order valence-corrected chi connectivity index (χ3v) is 4.23. The Hall–Kier alpha value is -0.760. The van der Waals surface area contributed by atoms with Crippen LogP contribution in [0.25, 0.3) is 0 Å². The minimum atomic E-state index is 0.289. The minimum Gasteiger partial charge on any atom is -0.298 e. The zero-order chi connectivity index (χ0) is 10.7. The molecule has 0 aliphatic heterocycles. The first-order valence-electron chi connectivity index (χ1n) is 5.36. The summed E-state index contributed by atoms with van der Waals surface area (Å²) in [5.74, 6) is 1.14. The molecule has 80 valence electrons. The highest BCUT2D eigenvalue weighted by Crippen LogP contribution is 2.46. The number of carbonyl (C=O) groups excluding carboxylic acids is 1. The lowest BCUT2D eigenvalue weighted by atomic mass is 9.65. The van der Waals surface area contributed by atoms with Crippen LogP contribution in [0, 0.1) is 0 Å². The van der Waals surface area contributed by atoms with Gasteiger partial charge in [0.1, 0.15) is 6.29 Å². The van der Waals surface area contributed by atoms with E-state index in [2.05, 4.69) is 12.3 Å². The lowest BCUT2D eigenvalue weighted by molar-refractivity contribution is 0.111. The van der Waals surface area contributed by atoms with Gasteiger partial charge in [-0.2, -0.15) is 11.8 Å². The predicted molar refractivity (Wildman–Crippen MR) is 65.7 cm³/mol. The molecule has 1 aromatic carbocycles. The number of aldehydes is 1. The Bertz CT molecular complexity index is 355. The van der Waals surface area contributed by atoms with Gasteiger partial charge in [0.05, 0.1) is 0 Å². The number of rotatable bonds is 4. The SMILES string of the molecule is CSCC1(c2ccccc2C=O)CCC1. The summed E-state index contributed by atoms with van der Waals surface area (Å²) in [5.41, 5.74) is 2.43. The van der Waals surface area contributed by atoms with Crippen molar-refractivity contribution in [1.82, 2.24) is 0 Å². The molecule has 0 unspecified atom stereocenters. The monoisotopic (exact) mass is 220 g/mol. The summed E-state index contributed by atoms with van der Waals surface area (Å²) < 4.78 is 0. The normalized spacial score (nSPS) is 18.2. The van der Waals surface area contributed by atoms with E-state index in [0.717, 1.165) is 17.6 Å². The summed E-state index contributed by atoms with van der Waals surface area (Å²) in [7, 11) is 0. The summed E-state index contributed by atoms with van der Waals surface area (Å²) in [4.78, 5) is 11.0. The van der Waals surface area contributed by atoms with E-state index in [9.17, 15) is 4.79 Å². The summed E-state index contributed by atoms with van der Waals surface area (Å²) in [6.07, 6.45) is 6.91. The van der Waals surface area contributed by atoms with Crippen molar-refractivity contribution >= 4 is 18.0 Å². The van der Waals surface area contributed by atoms with Crippen molar-refractivity contribution in [2.45, 2.75) is 24.7 Å². The zero-order valence-electron chi connectivity index (χ0n) is 9.03. The van der Waals surface area contributed by atoms with Crippen LogP contribution < -0.4 is 0 Å². The molecule has 0 atom stereocenters. The maximum Gasteiger partial charge on any atom is 0.150 e. The Labute approximate surface area is 95.3 Å². The summed E-state index contributed by atoms with van der Waals surface area (Å²) in [6.45, 7) is 0. The number of hydrogen-bond acceptors (Lipinski definition) is 2. The molecule has 1 aliphatic rings. The van der Waals surface area contributed by atoms with Gasteiger partial charge in [0, 0.05) is 16.7 Å². The molecule has 2 rings (SSSR count). The first-order chi connectivity index (χ1) is 7.32. The van der Waals surface area contributed by atoms with Crippen LogP contribution in [0.3, 0.4) is 0 Å². The lowest BCUT2D eigenvalue weighted by Crippen LogP contribution is -2.37. The lowest BCUT2D eigenvalue weighted by Gasteiger charge is -2.42. The van der Waals surface area contributed by atoms with Gasteiger partial charge < -0.3 is 0 Å². The third kappa shape index (κ3) is 1.83. The Kier molecular flexibility index (Phi) is 3.15. The summed E-state index contributed by atoms with van der Waals surface area (Å²) in [6, 6.07) is 8.04. The highest BCUT2D eigenvalue weighted by molar-refractivity contribution is 7.98. The average Bonchev–Trinajstić information content (AvgIpc) is 2.23. The average molecular weight is 220 g/mol. The second kappa shape index (κ2) is 4.40. The van der Waals surface area contributed by atoms with Crippen LogP contribution in [-0.4, -0.2) is 18.3 Å². The van der Waals surface area contributed by atoms with E-state index >= 15 is 0 Å². The molecule has 0 heterocycles. The molecular weight excluding hydrogens is 204 g/mol. The van der Waals surface area contributed by atoms with Gasteiger partial charge in [0.25, 0.3) is 0 Å². The number of thioether (sulfide) groups is 1. The van der Waals surface area contributed by atoms with Crippen LogP contribution >= 0.6 is 11.8 Å². The fourth-order valence-corrected chi connectivity index (χ4v) is 3.45. The molecule has 0 aromatic heterocycles. The van der Waals surface area contributed by atoms with E-state index in [-0.39, 0.29) is 5.41 Å². The van der Waals surface area contributed by atoms with Crippen LogP contribution in [0.4, 0.5) is 0 Å². The maximum atomic E-state index is 11.0. The van der Waals surface area contributed by atoms with Crippen molar-refractivity contribution in [1.29, 1.82) is 0 Å². The number of carbonyl (C=O) groups is 1. The van der Waals surface area contributed by atoms with E-state index in [1.165, 1.54) is 24.8 Å². The van der Waals surface area contributed by atoms with Gasteiger partial charge in [0.15, 0.2) is 0 Å². The van der Waals surface area contributed by atoms with Crippen LogP contribution in [0.5, 0.6) is 0 Å². The molecule has 1 aliphatic carbocycles. The molecule has 2 heteroatoms. The first kappa shape index (κ1) is 10.7. The molecule has 0 spiro atoms. The topological polar surface area (TPSA) is 17.1 Å². The molecule has 0 saturated heterocycles. The van der Waals surface area contributed by atoms with Gasteiger partial charge in [-0.3, -0.25) is 4.79 Å². The van der Waals surface area contributed by atoms with Crippen molar-refractivity contribution in [2.24, 2.45) is 0 Å². The van der Waals surface area contributed by atoms with Crippen molar-refractivity contribution in [3.8, 4) is 0 Å². The molecular formula is C13H16OS. The third-order valence-electron chi connectivity index (χ3n) is 3.39. The van der Waals surface area contributed by atoms with Crippen LogP contribution in [0.15, 0.2) is 24.3 Å². The summed E-state index contributed by atoms with van der Waals surface area (Å²) in [5, 5.41) is 0. The van der Waals surface area contributed by atoms with Crippen LogP contribution in [0.2, 0.25) is 0 Å². The first-order valence-corrected chi connectivity index (χ1v) is 6.75. The molecule has 15 heavy (non-hydrogen) atoms. The Morgan fingerprint density at radius 3 is 2.67 bits per heavy atom. The van der Waals surface area contributed by atoms with Gasteiger partial charge in [-0.1, -0.05) is 30.7 Å². The molecule has 0 radical (unpaired) electrons. The van der Waals surface area contributed by atoms with Gasteiger partial charge in [-0.25, -0.2) is 0 Å². The fraction of sp³-hybridized carbons (Fsp3) is 0.462. The van der Waals surface area contributed by atoms with E-state index < -0.39 is 0 Å². The smallest absolute Gasteiger partial charge is 0.150 e. The fourth-order valence-electron chi connectivity index (χ4n) is 2.45. The van der Waals surface area contributed by atoms with Crippen LogP contribution in [-0.2, 0) is 5.41 Å². The Balaban J connectivity index is 2.37. The highest BCUT2D eigenvalue weighted by atomic mass is 32.2. The van der Waals surface area contributed by atoms with Gasteiger partial charge in [-0.05, 0) is 24.7 Å². The Morgan fingerprint density at radius 1 is 1.40 bits per heavy atom. The second-order valence-corrected chi connectivity index (χ2v) is 5.14.